The standard InChI is InChI=1S/C18H21N3O2S/c19-24(22,23)15-6-3-13(4-7-15)16-11-17(16)14-5-8-18(20-12-14)21-9-1-2-10-21/h3-8,12,16-17H,1-2,9-11H2,(H2,19,22,23)/t16-,17-/m0/s1. The first-order valence-corrected chi connectivity index (χ1v) is 9.91. The minimum atomic E-state index is -3.62. The first-order valence-electron chi connectivity index (χ1n) is 8.36. The van der Waals surface area contributed by atoms with Crippen molar-refractivity contribution in [1.29, 1.82) is 0 Å². The Bertz CT molecular complexity index is 826. The molecule has 2 atom stereocenters. The molecular formula is C18H21N3O2S. The van der Waals surface area contributed by atoms with Crippen LogP contribution in [0.2, 0.25) is 0 Å². The molecule has 1 aromatic heterocycles. The van der Waals surface area contributed by atoms with Crippen LogP contribution in [0.3, 0.4) is 0 Å². The minimum absolute atomic E-state index is 0.167. The third kappa shape index (κ3) is 3.03. The number of sulfonamides is 1. The van der Waals surface area contributed by atoms with Gasteiger partial charge in [-0.15, -0.1) is 0 Å². The Labute approximate surface area is 142 Å². The van der Waals surface area contributed by atoms with Gasteiger partial charge in [0.1, 0.15) is 5.82 Å². The summed E-state index contributed by atoms with van der Waals surface area (Å²) in [4.78, 5) is 7.13. The number of anilines is 1. The van der Waals surface area contributed by atoms with Crippen molar-refractivity contribution in [2.45, 2.75) is 36.0 Å². The molecule has 1 saturated carbocycles. The van der Waals surface area contributed by atoms with Gasteiger partial charge in [-0.3, -0.25) is 0 Å². The molecule has 126 valence electrons. The van der Waals surface area contributed by atoms with Gasteiger partial charge in [0.2, 0.25) is 10.0 Å². The van der Waals surface area contributed by atoms with Crippen molar-refractivity contribution < 1.29 is 8.42 Å². The van der Waals surface area contributed by atoms with Crippen LogP contribution in [-0.4, -0.2) is 26.5 Å². The van der Waals surface area contributed by atoms with Gasteiger partial charge in [-0.2, -0.15) is 0 Å². The van der Waals surface area contributed by atoms with Crippen molar-refractivity contribution in [3.63, 3.8) is 0 Å². The van der Waals surface area contributed by atoms with E-state index in [4.69, 9.17) is 5.14 Å². The van der Waals surface area contributed by atoms with Gasteiger partial charge in [0.15, 0.2) is 0 Å². The number of aromatic nitrogens is 1. The average molecular weight is 343 g/mol. The maximum Gasteiger partial charge on any atom is 0.238 e. The van der Waals surface area contributed by atoms with Crippen molar-refractivity contribution in [3.05, 3.63) is 53.7 Å². The fourth-order valence-corrected chi connectivity index (χ4v) is 4.10. The maximum absolute atomic E-state index is 11.3. The number of hydrogen-bond donors (Lipinski definition) is 1. The molecule has 6 heteroatoms. The first-order chi connectivity index (χ1) is 11.5. The molecule has 0 spiro atoms. The Kier molecular flexibility index (Phi) is 3.81. The summed E-state index contributed by atoms with van der Waals surface area (Å²) < 4.78 is 22.6. The smallest absolute Gasteiger partial charge is 0.238 e. The normalized spacial score (nSPS) is 23.5. The second-order valence-electron chi connectivity index (χ2n) is 6.71. The summed E-state index contributed by atoms with van der Waals surface area (Å²) in [6.07, 6.45) is 5.59. The van der Waals surface area contributed by atoms with Crippen LogP contribution in [0.4, 0.5) is 5.82 Å². The lowest BCUT2D eigenvalue weighted by Gasteiger charge is -2.16. The van der Waals surface area contributed by atoms with Crippen molar-refractivity contribution in [2.24, 2.45) is 5.14 Å². The fourth-order valence-electron chi connectivity index (χ4n) is 3.59. The first kappa shape index (κ1) is 15.6. The van der Waals surface area contributed by atoms with Crippen molar-refractivity contribution in [3.8, 4) is 0 Å². The monoisotopic (exact) mass is 343 g/mol. The molecule has 0 unspecified atom stereocenters. The summed E-state index contributed by atoms with van der Waals surface area (Å²) in [6.45, 7) is 2.21. The molecular weight excluding hydrogens is 322 g/mol. The van der Waals surface area contributed by atoms with Gasteiger partial charge in [-0.1, -0.05) is 18.2 Å². The molecule has 24 heavy (non-hydrogen) atoms. The molecule has 2 aromatic rings. The lowest BCUT2D eigenvalue weighted by atomic mass is 10.1. The summed E-state index contributed by atoms with van der Waals surface area (Å²) in [5.41, 5.74) is 2.43. The van der Waals surface area contributed by atoms with Crippen LogP contribution in [0.15, 0.2) is 47.5 Å². The Hall–Kier alpha value is -1.92. The average Bonchev–Trinajstić information content (AvgIpc) is 3.19. The molecule has 1 aliphatic heterocycles. The zero-order valence-corrected chi connectivity index (χ0v) is 14.2. The highest BCUT2D eigenvalue weighted by Gasteiger charge is 2.39. The van der Waals surface area contributed by atoms with Crippen LogP contribution in [0, 0.1) is 0 Å². The Morgan fingerprint density at radius 2 is 1.58 bits per heavy atom. The van der Waals surface area contributed by atoms with E-state index in [-0.39, 0.29) is 4.90 Å². The molecule has 4 rings (SSSR count). The summed E-state index contributed by atoms with van der Waals surface area (Å²) in [5.74, 6) is 2.00. The predicted octanol–water partition coefficient (Wildman–Crippen LogP) is 2.60. The highest BCUT2D eigenvalue weighted by molar-refractivity contribution is 7.89. The summed E-state index contributed by atoms with van der Waals surface area (Å²) >= 11 is 0. The van der Waals surface area contributed by atoms with E-state index < -0.39 is 10.0 Å². The van der Waals surface area contributed by atoms with Gasteiger partial charge in [-0.05, 0) is 60.4 Å². The summed E-state index contributed by atoms with van der Waals surface area (Å²) in [5, 5.41) is 5.14. The quantitative estimate of drug-likeness (QED) is 0.926. The summed E-state index contributed by atoms with van der Waals surface area (Å²) in [6, 6.07) is 11.2. The highest BCUT2D eigenvalue weighted by Crippen LogP contribution is 2.54. The SMILES string of the molecule is NS(=O)(=O)c1ccc([C@@H]2C[C@H]2c2ccc(N3CCCC3)nc2)cc1. The third-order valence-corrected chi connectivity index (χ3v) is 5.99. The second kappa shape index (κ2) is 5.86. The Morgan fingerprint density at radius 1 is 0.958 bits per heavy atom. The largest absolute Gasteiger partial charge is 0.357 e. The van der Waals surface area contributed by atoms with Crippen LogP contribution < -0.4 is 10.0 Å². The molecule has 0 radical (unpaired) electrons. The van der Waals surface area contributed by atoms with Crippen LogP contribution in [-0.2, 0) is 10.0 Å². The van der Waals surface area contributed by atoms with E-state index in [0.717, 1.165) is 30.9 Å². The molecule has 2 fully saturated rings. The number of nitrogens with two attached hydrogens (primary N) is 1. The van der Waals surface area contributed by atoms with E-state index in [1.807, 2.05) is 18.3 Å². The van der Waals surface area contributed by atoms with Gasteiger partial charge < -0.3 is 4.90 Å². The number of pyridine rings is 1. The molecule has 2 heterocycles. The van der Waals surface area contributed by atoms with Gasteiger partial charge in [0, 0.05) is 19.3 Å². The third-order valence-electron chi connectivity index (χ3n) is 5.06. The topological polar surface area (TPSA) is 76.3 Å². The number of primary sulfonamides is 1. The van der Waals surface area contributed by atoms with Crippen molar-refractivity contribution in [1.82, 2.24) is 4.98 Å². The molecule has 5 nitrogen and oxygen atoms in total. The maximum atomic E-state index is 11.3. The van der Waals surface area contributed by atoms with E-state index in [1.165, 1.54) is 18.4 Å². The number of hydrogen-bond acceptors (Lipinski definition) is 4. The van der Waals surface area contributed by atoms with Crippen LogP contribution in [0.1, 0.15) is 42.2 Å². The Morgan fingerprint density at radius 3 is 2.17 bits per heavy atom. The minimum Gasteiger partial charge on any atom is -0.357 e. The highest BCUT2D eigenvalue weighted by atomic mass is 32.2. The van der Waals surface area contributed by atoms with Gasteiger partial charge in [-0.25, -0.2) is 18.5 Å². The molecule has 1 aliphatic carbocycles. The fraction of sp³-hybridized carbons (Fsp3) is 0.389. The van der Waals surface area contributed by atoms with Crippen LogP contribution in [0.25, 0.3) is 0 Å². The van der Waals surface area contributed by atoms with Gasteiger partial charge in [0.25, 0.3) is 0 Å². The van der Waals surface area contributed by atoms with E-state index in [2.05, 4.69) is 22.0 Å². The van der Waals surface area contributed by atoms with E-state index in [9.17, 15) is 8.42 Å². The zero-order valence-electron chi connectivity index (χ0n) is 13.4. The molecule has 1 saturated heterocycles. The predicted molar refractivity (Wildman–Crippen MR) is 93.6 cm³/mol. The number of nitrogens with zero attached hydrogens (tertiary/aromatic N) is 2. The Balaban J connectivity index is 1.46. The molecule has 0 bridgehead atoms. The van der Waals surface area contributed by atoms with E-state index in [1.54, 1.807) is 12.1 Å². The lowest BCUT2D eigenvalue weighted by Crippen LogP contribution is -2.18. The molecule has 0 amide bonds. The van der Waals surface area contributed by atoms with Crippen LogP contribution in [0.5, 0.6) is 0 Å². The molecule has 2 N–H and O–H groups in total. The number of rotatable bonds is 4. The molecule has 1 aromatic carbocycles. The van der Waals surface area contributed by atoms with Crippen LogP contribution >= 0.6 is 0 Å². The zero-order chi connectivity index (χ0) is 16.7. The van der Waals surface area contributed by atoms with Crippen molar-refractivity contribution in [2.75, 3.05) is 18.0 Å². The van der Waals surface area contributed by atoms with E-state index >= 15 is 0 Å². The number of benzene rings is 1. The van der Waals surface area contributed by atoms with Gasteiger partial charge >= 0.3 is 0 Å². The second-order valence-corrected chi connectivity index (χ2v) is 8.27. The summed E-state index contributed by atoms with van der Waals surface area (Å²) in [7, 11) is -3.62. The van der Waals surface area contributed by atoms with E-state index in [0.29, 0.717) is 11.8 Å². The van der Waals surface area contributed by atoms with Crippen molar-refractivity contribution >= 4 is 15.8 Å². The molecule has 2 aliphatic rings. The lowest BCUT2D eigenvalue weighted by molar-refractivity contribution is 0.598. The van der Waals surface area contributed by atoms with Gasteiger partial charge in [0.05, 0.1) is 4.90 Å².